The van der Waals surface area contributed by atoms with E-state index in [-0.39, 0.29) is 6.61 Å². The highest BCUT2D eigenvalue weighted by atomic mass is 79.9. The molecule has 0 aliphatic carbocycles. The Kier molecular flexibility index (Phi) is 5.74. The van der Waals surface area contributed by atoms with Gasteiger partial charge in [-0.3, -0.25) is 0 Å². The third-order valence-corrected chi connectivity index (χ3v) is 4.83. The molecule has 0 unspecified atom stereocenters. The fraction of sp³-hybridized carbons (Fsp3) is 0.200. The maximum atomic E-state index is 13.8. The number of nitrogens with zero attached hydrogens (tertiary/aromatic N) is 1. The molecule has 0 saturated carbocycles. The highest BCUT2D eigenvalue weighted by molar-refractivity contribution is 9.11. The smallest absolute Gasteiger partial charge is 0.133 e. The lowest BCUT2D eigenvalue weighted by Gasteiger charge is -2.30. The Bertz CT molecular complexity index is 880. The molecular weight excluding hydrogens is 402 g/mol. The topological polar surface area (TPSA) is 38.5 Å². The number of hydrogen-bond donors (Lipinski definition) is 1. The number of nitrogens with two attached hydrogens (primary N) is 1. The van der Waals surface area contributed by atoms with Gasteiger partial charge in [0.05, 0.1) is 11.0 Å². The summed E-state index contributed by atoms with van der Waals surface area (Å²) in [5, 5.41) is 0. The monoisotopic (exact) mass is 420 g/mol. The van der Waals surface area contributed by atoms with E-state index >= 15 is 0 Å². The van der Waals surface area contributed by atoms with Gasteiger partial charge in [-0.15, -0.1) is 0 Å². The molecule has 1 heterocycles. The molecule has 0 spiro atoms. The van der Waals surface area contributed by atoms with Gasteiger partial charge in [0.25, 0.3) is 0 Å². The first-order chi connectivity index (χ1) is 12.5. The molecule has 0 radical (unpaired) electrons. The summed E-state index contributed by atoms with van der Waals surface area (Å²) in [6.45, 7) is 3.09. The number of ether oxygens (including phenoxy) is 1. The third-order valence-electron chi connectivity index (χ3n) is 4.19. The van der Waals surface area contributed by atoms with Crippen molar-refractivity contribution < 1.29 is 13.5 Å². The molecule has 0 fully saturated rings. The van der Waals surface area contributed by atoms with E-state index in [0.717, 1.165) is 27.5 Å². The van der Waals surface area contributed by atoms with Crippen LogP contribution in [0.2, 0.25) is 0 Å². The summed E-state index contributed by atoms with van der Waals surface area (Å²) in [5.74, 6) is -0.577. The first-order valence-corrected chi connectivity index (χ1v) is 8.97. The second-order valence-corrected chi connectivity index (χ2v) is 7.00. The lowest BCUT2D eigenvalue weighted by molar-refractivity contribution is 0.204. The van der Waals surface area contributed by atoms with Gasteiger partial charge in [-0.25, -0.2) is 8.78 Å². The van der Waals surface area contributed by atoms with Gasteiger partial charge in [0.1, 0.15) is 24.0 Å². The fourth-order valence-electron chi connectivity index (χ4n) is 2.75. The predicted octanol–water partition coefficient (Wildman–Crippen LogP) is 4.97. The number of halogens is 3. The third kappa shape index (κ3) is 4.14. The average molecular weight is 421 g/mol. The molecule has 0 atom stereocenters. The fourth-order valence-corrected chi connectivity index (χ4v) is 3.23. The van der Waals surface area contributed by atoms with Crippen LogP contribution in [-0.2, 0) is 17.9 Å². The summed E-state index contributed by atoms with van der Waals surface area (Å²) in [5.41, 5.74) is 9.13. The maximum absolute atomic E-state index is 13.8. The molecule has 3 nitrogen and oxygen atoms in total. The normalized spacial score (nSPS) is 14.5. The van der Waals surface area contributed by atoms with Gasteiger partial charge in [0, 0.05) is 35.6 Å². The van der Waals surface area contributed by atoms with Crippen LogP contribution in [0.15, 0.2) is 64.5 Å². The van der Waals surface area contributed by atoms with Crippen LogP contribution in [0.25, 0.3) is 0 Å². The molecule has 0 bridgehead atoms. The quantitative estimate of drug-likeness (QED) is 0.741. The standard InChI is InChI=1S/C20H19BrF2N2O/c1-13-7-20(26-12-15-5-6-16(22)9-19(15)23)18(21)11-25(13)17-4-2-3-14(8-17)10-24/h2-9H,10-12,24H2,1H3. The molecule has 2 aromatic rings. The van der Waals surface area contributed by atoms with Gasteiger partial charge in [-0.1, -0.05) is 12.1 Å². The van der Waals surface area contributed by atoms with Crippen molar-refractivity contribution in [2.45, 2.75) is 20.1 Å². The number of rotatable bonds is 5. The van der Waals surface area contributed by atoms with E-state index in [1.807, 2.05) is 31.2 Å². The van der Waals surface area contributed by atoms with Crippen molar-refractivity contribution in [1.29, 1.82) is 0 Å². The molecule has 6 heteroatoms. The van der Waals surface area contributed by atoms with Crippen molar-refractivity contribution in [2.24, 2.45) is 5.73 Å². The molecule has 26 heavy (non-hydrogen) atoms. The Morgan fingerprint density at radius 2 is 2.00 bits per heavy atom. The molecule has 136 valence electrons. The summed E-state index contributed by atoms with van der Waals surface area (Å²) in [7, 11) is 0. The zero-order valence-corrected chi connectivity index (χ0v) is 15.9. The SMILES string of the molecule is CC1=CC(OCc2ccc(F)cc2F)=C(Br)CN1c1cccc(CN)c1. The minimum atomic E-state index is -0.613. The van der Waals surface area contributed by atoms with Crippen molar-refractivity contribution in [3.05, 3.63) is 87.2 Å². The van der Waals surface area contributed by atoms with Crippen molar-refractivity contribution in [3.63, 3.8) is 0 Å². The van der Waals surface area contributed by atoms with E-state index in [2.05, 4.69) is 26.9 Å². The first kappa shape index (κ1) is 18.6. The summed E-state index contributed by atoms with van der Waals surface area (Å²) < 4.78 is 33.3. The molecule has 2 aromatic carbocycles. The van der Waals surface area contributed by atoms with Crippen LogP contribution in [0.3, 0.4) is 0 Å². The van der Waals surface area contributed by atoms with E-state index in [0.29, 0.717) is 24.4 Å². The number of allylic oxidation sites excluding steroid dienone is 2. The zero-order valence-electron chi connectivity index (χ0n) is 14.3. The second kappa shape index (κ2) is 8.01. The van der Waals surface area contributed by atoms with Crippen LogP contribution in [0.5, 0.6) is 0 Å². The van der Waals surface area contributed by atoms with Gasteiger partial charge < -0.3 is 15.4 Å². The van der Waals surface area contributed by atoms with E-state index in [4.69, 9.17) is 10.5 Å². The van der Waals surface area contributed by atoms with Crippen LogP contribution < -0.4 is 10.6 Å². The van der Waals surface area contributed by atoms with E-state index in [9.17, 15) is 8.78 Å². The van der Waals surface area contributed by atoms with Crippen molar-refractivity contribution in [3.8, 4) is 0 Å². The molecule has 1 aliphatic heterocycles. The van der Waals surface area contributed by atoms with Gasteiger partial charge in [-0.2, -0.15) is 0 Å². The Morgan fingerprint density at radius 1 is 1.19 bits per heavy atom. The van der Waals surface area contributed by atoms with Crippen LogP contribution in [0.4, 0.5) is 14.5 Å². The van der Waals surface area contributed by atoms with Gasteiger partial charge in [0.15, 0.2) is 0 Å². The first-order valence-electron chi connectivity index (χ1n) is 8.18. The van der Waals surface area contributed by atoms with E-state index < -0.39 is 11.6 Å². The predicted molar refractivity (Wildman–Crippen MR) is 103 cm³/mol. The molecule has 0 saturated heterocycles. The lowest BCUT2D eigenvalue weighted by atomic mass is 10.1. The molecule has 2 N–H and O–H groups in total. The zero-order chi connectivity index (χ0) is 18.7. The summed E-state index contributed by atoms with van der Waals surface area (Å²) >= 11 is 3.55. The van der Waals surface area contributed by atoms with Crippen molar-refractivity contribution in [2.75, 3.05) is 11.4 Å². The largest absolute Gasteiger partial charge is 0.488 e. The second-order valence-electron chi connectivity index (χ2n) is 6.04. The summed E-state index contributed by atoms with van der Waals surface area (Å²) in [6, 6.07) is 11.5. The van der Waals surface area contributed by atoms with Gasteiger partial charge >= 0.3 is 0 Å². The molecule has 3 rings (SSSR count). The van der Waals surface area contributed by atoms with Crippen LogP contribution in [0, 0.1) is 11.6 Å². The minimum absolute atomic E-state index is 0.0307. The van der Waals surface area contributed by atoms with Crippen molar-refractivity contribution >= 4 is 21.6 Å². The Labute approximate surface area is 159 Å². The van der Waals surface area contributed by atoms with Crippen LogP contribution >= 0.6 is 15.9 Å². The Hall–Kier alpha value is -2.18. The highest BCUT2D eigenvalue weighted by Crippen LogP contribution is 2.31. The van der Waals surface area contributed by atoms with Crippen LogP contribution in [-0.4, -0.2) is 6.54 Å². The number of benzene rings is 2. The number of anilines is 1. The van der Waals surface area contributed by atoms with E-state index in [1.54, 1.807) is 0 Å². The van der Waals surface area contributed by atoms with Gasteiger partial charge in [0.2, 0.25) is 0 Å². The van der Waals surface area contributed by atoms with Crippen LogP contribution in [0.1, 0.15) is 18.1 Å². The summed E-state index contributed by atoms with van der Waals surface area (Å²) in [6.07, 6.45) is 1.89. The molecule has 1 aliphatic rings. The maximum Gasteiger partial charge on any atom is 0.133 e. The van der Waals surface area contributed by atoms with Crippen molar-refractivity contribution in [1.82, 2.24) is 0 Å². The summed E-state index contributed by atoms with van der Waals surface area (Å²) in [4.78, 5) is 2.13. The minimum Gasteiger partial charge on any atom is -0.488 e. The number of hydrogen-bond acceptors (Lipinski definition) is 3. The lowest BCUT2D eigenvalue weighted by Crippen LogP contribution is -2.26. The Morgan fingerprint density at radius 3 is 2.73 bits per heavy atom. The Balaban J connectivity index is 1.74. The van der Waals surface area contributed by atoms with E-state index in [1.165, 1.54) is 12.1 Å². The van der Waals surface area contributed by atoms with Gasteiger partial charge in [-0.05, 0) is 52.7 Å². The molecular formula is C20H19BrF2N2O. The average Bonchev–Trinajstić information content (AvgIpc) is 2.63. The molecule has 0 aromatic heterocycles. The highest BCUT2D eigenvalue weighted by Gasteiger charge is 2.19. The molecule has 0 amide bonds.